The SMILES string of the molecule is Cc1noc(C)c1-c1ccc2nc(N3CCN(C(=O)c4cccnc4)CC3)nc(NCc3cccc(Cl)c3)c2c1. The summed E-state index contributed by atoms with van der Waals surface area (Å²) >= 11 is 6.22. The molecule has 0 unspecified atom stereocenters. The van der Waals surface area contributed by atoms with Crippen LogP contribution < -0.4 is 10.2 Å². The molecule has 5 aromatic rings. The number of hydrogen-bond acceptors (Lipinski definition) is 8. The number of rotatable bonds is 6. The first kappa shape index (κ1) is 25.8. The van der Waals surface area contributed by atoms with Gasteiger partial charge in [-0.3, -0.25) is 9.78 Å². The van der Waals surface area contributed by atoms with Crippen molar-refractivity contribution < 1.29 is 9.32 Å². The van der Waals surface area contributed by atoms with E-state index in [9.17, 15) is 4.79 Å². The fourth-order valence-electron chi connectivity index (χ4n) is 5.06. The van der Waals surface area contributed by atoms with Crippen LogP contribution in [0.25, 0.3) is 22.0 Å². The Morgan fingerprint density at radius 2 is 1.88 bits per heavy atom. The highest BCUT2D eigenvalue weighted by molar-refractivity contribution is 6.30. The first-order chi connectivity index (χ1) is 19.5. The lowest BCUT2D eigenvalue weighted by atomic mass is 10.0. The molecular weight excluding hydrogens is 526 g/mol. The predicted octanol–water partition coefficient (Wildman–Crippen LogP) is 5.52. The predicted molar refractivity (Wildman–Crippen MR) is 156 cm³/mol. The molecule has 1 aliphatic heterocycles. The van der Waals surface area contributed by atoms with Crippen molar-refractivity contribution in [1.82, 2.24) is 25.0 Å². The van der Waals surface area contributed by atoms with Gasteiger partial charge in [0.2, 0.25) is 5.95 Å². The number of carbonyl (C=O) groups is 1. The number of aryl methyl sites for hydroxylation is 2. The van der Waals surface area contributed by atoms with Crippen molar-refractivity contribution in [2.75, 3.05) is 36.4 Å². The zero-order chi connectivity index (χ0) is 27.6. The maximum Gasteiger partial charge on any atom is 0.255 e. The molecule has 0 bridgehead atoms. The van der Waals surface area contributed by atoms with Gasteiger partial charge in [-0.25, -0.2) is 4.98 Å². The molecule has 0 saturated carbocycles. The topological polar surface area (TPSA) is 100 Å². The Hall–Kier alpha value is -4.50. The molecule has 1 N–H and O–H groups in total. The molecule has 0 aliphatic carbocycles. The van der Waals surface area contributed by atoms with Gasteiger partial charge in [0.05, 0.1) is 16.8 Å². The average Bonchev–Trinajstić information content (AvgIpc) is 3.33. The fraction of sp³-hybridized carbons (Fsp3) is 0.233. The van der Waals surface area contributed by atoms with Crippen LogP contribution in [0.2, 0.25) is 5.02 Å². The van der Waals surface area contributed by atoms with Crippen LogP contribution in [0.1, 0.15) is 27.4 Å². The molecule has 40 heavy (non-hydrogen) atoms. The van der Waals surface area contributed by atoms with Crippen molar-refractivity contribution in [3.63, 3.8) is 0 Å². The van der Waals surface area contributed by atoms with E-state index >= 15 is 0 Å². The molecule has 0 spiro atoms. The van der Waals surface area contributed by atoms with Gasteiger partial charge in [-0.05, 0) is 61.4 Å². The van der Waals surface area contributed by atoms with Gasteiger partial charge in [-0.1, -0.05) is 35.0 Å². The molecule has 1 aliphatic rings. The number of halogens is 1. The number of fused-ring (bicyclic) bond motifs is 1. The van der Waals surface area contributed by atoms with Crippen molar-refractivity contribution in [2.24, 2.45) is 0 Å². The monoisotopic (exact) mass is 553 g/mol. The number of anilines is 2. The normalized spacial score (nSPS) is 13.6. The molecule has 202 valence electrons. The molecular formula is C30H28ClN7O2. The Morgan fingerprint density at radius 3 is 2.60 bits per heavy atom. The molecule has 1 saturated heterocycles. The van der Waals surface area contributed by atoms with E-state index in [1.54, 1.807) is 24.5 Å². The van der Waals surface area contributed by atoms with Crippen molar-refractivity contribution in [2.45, 2.75) is 20.4 Å². The quantitative estimate of drug-likeness (QED) is 0.293. The number of carbonyl (C=O) groups excluding carboxylic acids is 1. The molecule has 1 fully saturated rings. The first-order valence-electron chi connectivity index (χ1n) is 13.1. The van der Waals surface area contributed by atoms with E-state index in [-0.39, 0.29) is 5.91 Å². The lowest BCUT2D eigenvalue weighted by Crippen LogP contribution is -2.49. The van der Waals surface area contributed by atoms with E-state index in [4.69, 9.17) is 26.1 Å². The summed E-state index contributed by atoms with van der Waals surface area (Å²) in [7, 11) is 0. The van der Waals surface area contributed by atoms with Crippen molar-refractivity contribution in [3.05, 3.63) is 94.6 Å². The maximum atomic E-state index is 12.9. The van der Waals surface area contributed by atoms with Crippen molar-refractivity contribution in [1.29, 1.82) is 0 Å². The Morgan fingerprint density at radius 1 is 1.02 bits per heavy atom. The average molecular weight is 554 g/mol. The zero-order valence-electron chi connectivity index (χ0n) is 22.3. The van der Waals surface area contributed by atoms with E-state index in [0.29, 0.717) is 49.3 Å². The highest BCUT2D eigenvalue weighted by atomic mass is 35.5. The number of hydrogen-bond donors (Lipinski definition) is 1. The summed E-state index contributed by atoms with van der Waals surface area (Å²) in [5, 5.41) is 9.22. The fourth-order valence-corrected chi connectivity index (χ4v) is 5.27. The standard InChI is InChI=1S/C30H28ClN7O2/c1-19-27(20(2)40-36-19)22-8-9-26-25(16-22)28(33-17-21-5-3-7-24(31)15-21)35-30(34-26)38-13-11-37(12-14-38)29(39)23-6-4-10-32-18-23/h3-10,15-16,18H,11-14,17H2,1-2H3,(H,33,34,35). The molecule has 0 radical (unpaired) electrons. The Bertz CT molecular complexity index is 1660. The molecule has 0 atom stereocenters. The van der Waals surface area contributed by atoms with Crippen LogP contribution in [0.5, 0.6) is 0 Å². The van der Waals surface area contributed by atoms with Crippen LogP contribution in [-0.2, 0) is 6.54 Å². The summed E-state index contributed by atoms with van der Waals surface area (Å²) < 4.78 is 5.41. The summed E-state index contributed by atoms with van der Waals surface area (Å²) in [6, 6.07) is 17.5. The van der Waals surface area contributed by atoms with Crippen LogP contribution in [-0.4, -0.2) is 57.1 Å². The van der Waals surface area contributed by atoms with Gasteiger partial charge in [-0.15, -0.1) is 0 Å². The minimum atomic E-state index is -0.0112. The number of pyridine rings is 1. The third-order valence-electron chi connectivity index (χ3n) is 7.11. The largest absolute Gasteiger partial charge is 0.365 e. The van der Waals surface area contributed by atoms with Crippen LogP contribution in [0.4, 0.5) is 11.8 Å². The second kappa shape index (κ2) is 10.9. The van der Waals surface area contributed by atoms with Gasteiger partial charge in [0.25, 0.3) is 5.91 Å². The van der Waals surface area contributed by atoms with Gasteiger partial charge in [0.1, 0.15) is 11.6 Å². The molecule has 4 heterocycles. The summed E-state index contributed by atoms with van der Waals surface area (Å²) in [6.45, 7) is 6.80. The molecule has 6 rings (SSSR count). The second-order valence-electron chi connectivity index (χ2n) is 9.81. The number of piperazine rings is 1. The number of benzene rings is 2. The van der Waals surface area contributed by atoms with Gasteiger partial charge in [0, 0.05) is 61.1 Å². The van der Waals surface area contributed by atoms with E-state index < -0.39 is 0 Å². The third-order valence-corrected chi connectivity index (χ3v) is 7.35. The van der Waals surface area contributed by atoms with E-state index in [1.165, 1.54) is 0 Å². The summed E-state index contributed by atoms with van der Waals surface area (Å²) in [5.74, 6) is 2.10. The summed E-state index contributed by atoms with van der Waals surface area (Å²) in [6.07, 6.45) is 3.27. The minimum Gasteiger partial charge on any atom is -0.365 e. The smallest absolute Gasteiger partial charge is 0.255 e. The molecule has 3 aromatic heterocycles. The molecule has 10 heteroatoms. The molecule has 2 aromatic carbocycles. The third kappa shape index (κ3) is 5.20. The Kier molecular flexibility index (Phi) is 7.04. The van der Waals surface area contributed by atoms with Crippen molar-refractivity contribution in [3.8, 4) is 11.1 Å². The Labute approximate surface area is 236 Å². The summed E-state index contributed by atoms with van der Waals surface area (Å²) in [4.78, 5) is 30.9. The lowest BCUT2D eigenvalue weighted by molar-refractivity contribution is 0.0746. The van der Waals surface area contributed by atoms with E-state index in [1.807, 2.05) is 55.1 Å². The number of aromatic nitrogens is 4. The van der Waals surface area contributed by atoms with Crippen molar-refractivity contribution >= 4 is 40.2 Å². The van der Waals surface area contributed by atoms with Crippen LogP contribution in [0.3, 0.4) is 0 Å². The van der Waals surface area contributed by atoms with E-state index in [2.05, 4.69) is 26.4 Å². The van der Waals surface area contributed by atoms with Crippen LogP contribution in [0.15, 0.2) is 71.5 Å². The van der Waals surface area contributed by atoms with Crippen LogP contribution >= 0.6 is 11.6 Å². The second-order valence-corrected chi connectivity index (χ2v) is 10.2. The number of amides is 1. The highest BCUT2D eigenvalue weighted by Gasteiger charge is 2.25. The van der Waals surface area contributed by atoms with Gasteiger partial charge in [-0.2, -0.15) is 4.98 Å². The maximum absolute atomic E-state index is 12.9. The van der Waals surface area contributed by atoms with Gasteiger partial charge < -0.3 is 19.6 Å². The minimum absolute atomic E-state index is 0.0112. The lowest BCUT2D eigenvalue weighted by Gasteiger charge is -2.35. The van der Waals surface area contributed by atoms with Crippen LogP contribution in [0, 0.1) is 13.8 Å². The Balaban J connectivity index is 1.30. The first-order valence-corrected chi connectivity index (χ1v) is 13.5. The zero-order valence-corrected chi connectivity index (χ0v) is 23.0. The highest BCUT2D eigenvalue weighted by Crippen LogP contribution is 2.33. The number of nitrogens with zero attached hydrogens (tertiary/aromatic N) is 6. The number of nitrogens with one attached hydrogen (secondary N) is 1. The van der Waals surface area contributed by atoms with Gasteiger partial charge in [0.15, 0.2) is 0 Å². The molecule has 9 nitrogen and oxygen atoms in total. The van der Waals surface area contributed by atoms with E-state index in [0.717, 1.165) is 44.9 Å². The van der Waals surface area contributed by atoms with Gasteiger partial charge >= 0.3 is 0 Å². The molecule has 1 amide bonds. The summed E-state index contributed by atoms with van der Waals surface area (Å²) in [5.41, 5.74) is 5.27.